The van der Waals surface area contributed by atoms with Gasteiger partial charge >= 0.3 is 12.1 Å². The molecule has 20 heavy (non-hydrogen) atoms. The van der Waals surface area contributed by atoms with E-state index in [4.69, 9.17) is 5.11 Å². The van der Waals surface area contributed by atoms with Crippen LogP contribution in [0.2, 0.25) is 0 Å². The number of alkyl halides is 3. The van der Waals surface area contributed by atoms with Crippen LogP contribution in [0.5, 0.6) is 0 Å². The molecule has 0 atom stereocenters. The molecule has 1 aliphatic carbocycles. The number of aromatic amines is 1. The Labute approximate surface area is 112 Å². The molecule has 8 heteroatoms. The second kappa shape index (κ2) is 4.26. The Morgan fingerprint density at radius 2 is 1.85 bits per heavy atom. The monoisotopic (exact) mass is 290 g/mol. The molecule has 1 aliphatic rings. The molecule has 0 bridgehead atoms. The van der Waals surface area contributed by atoms with E-state index in [2.05, 4.69) is 4.98 Å². The van der Waals surface area contributed by atoms with Crippen LogP contribution in [0, 0.1) is 13.8 Å². The van der Waals surface area contributed by atoms with E-state index in [1.807, 2.05) is 5.32 Å². The lowest BCUT2D eigenvalue weighted by atomic mass is 10.1. The maximum Gasteiger partial charge on any atom is 0.411 e. The molecule has 1 amide bonds. The molecule has 1 fully saturated rings. The van der Waals surface area contributed by atoms with Crippen molar-refractivity contribution in [2.45, 2.75) is 38.4 Å². The summed E-state index contributed by atoms with van der Waals surface area (Å²) in [4.78, 5) is 25.4. The number of carboxylic acids is 1. The van der Waals surface area contributed by atoms with E-state index in [0.29, 0.717) is 0 Å². The zero-order valence-corrected chi connectivity index (χ0v) is 10.8. The van der Waals surface area contributed by atoms with Gasteiger partial charge in [0.2, 0.25) is 0 Å². The van der Waals surface area contributed by atoms with Gasteiger partial charge in [0.05, 0.1) is 5.56 Å². The van der Waals surface area contributed by atoms with Gasteiger partial charge in [-0.2, -0.15) is 13.2 Å². The average Bonchev–Trinajstić information content (AvgIpc) is 2.99. The molecule has 5 nitrogen and oxygen atoms in total. The smallest absolute Gasteiger partial charge is 0.411 e. The summed E-state index contributed by atoms with van der Waals surface area (Å²) in [6, 6.07) is 0. The lowest BCUT2D eigenvalue weighted by Crippen LogP contribution is -2.48. The van der Waals surface area contributed by atoms with E-state index in [0.717, 1.165) is 0 Å². The number of hydrogen-bond acceptors (Lipinski definition) is 2. The van der Waals surface area contributed by atoms with Gasteiger partial charge in [0.25, 0.3) is 5.91 Å². The van der Waals surface area contributed by atoms with Crippen molar-refractivity contribution >= 4 is 11.9 Å². The van der Waals surface area contributed by atoms with Crippen LogP contribution >= 0.6 is 0 Å². The Hall–Kier alpha value is -1.99. The highest BCUT2D eigenvalue weighted by atomic mass is 19.4. The number of hydrogen-bond donors (Lipinski definition) is 3. The van der Waals surface area contributed by atoms with Crippen LogP contribution in [0.4, 0.5) is 13.2 Å². The second-order valence-corrected chi connectivity index (χ2v) is 4.96. The van der Waals surface area contributed by atoms with Gasteiger partial charge < -0.3 is 15.4 Å². The molecule has 0 saturated heterocycles. The van der Waals surface area contributed by atoms with Crippen LogP contribution in [0.25, 0.3) is 0 Å². The normalized spacial score (nSPS) is 16.9. The molecule has 0 aromatic carbocycles. The zero-order valence-electron chi connectivity index (χ0n) is 10.8. The first-order chi connectivity index (χ1) is 9.09. The topological polar surface area (TPSA) is 82.2 Å². The van der Waals surface area contributed by atoms with Crippen molar-refractivity contribution in [1.29, 1.82) is 0 Å². The van der Waals surface area contributed by atoms with Crippen molar-refractivity contribution in [1.82, 2.24) is 10.3 Å². The largest absolute Gasteiger partial charge is 0.477 e. The molecule has 0 unspecified atom stereocenters. The number of H-pyrrole nitrogens is 1. The fraction of sp³-hybridized carbons (Fsp3) is 0.500. The predicted octanol–water partition coefficient (Wildman–Crippen LogP) is 2.15. The molecule has 0 aliphatic heterocycles. The van der Waals surface area contributed by atoms with E-state index in [1.54, 1.807) is 0 Å². The van der Waals surface area contributed by atoms with Gasteiger partial charge in [0, 0.05) is 5.69 Å². The maximum absolute atomic E-state index is 12.8. The van der Waals surface area contributed by atoms with Crippen LogP contribution < -0.4 is 5.32 Å². The molecule has 1 aromatic rings. The number of aromatic carboxylic acids is 1. The van der Waals surface area contributed by atoms with Crippen molar-refractivity contribution in [3.8, 4) is 0 Å². The molecule has 1 saturated carbocycles. The van der Waals surface area contributed by atoms with E-state index >= 15 is 0 Å². The number of rotatable bonds is 3. The summed E-state index contributed by atoms with van der Waals surface area (Å²) in [6.07, 6.45) is -4.82. The minimum atomic E-state index is -4.50. The summed E-state index contributed by atoms with van der Waals surface area (Å²) in [5.41, 5.74) is -2.04. The minimum Gasteiger partial charge on any atom is -0.477 e. The number of aryl methyl sites for hydroxylation is 1. The van der Waals surface area contributed by atoms with E-state index in [-0.39, 0.29) is 35.4 Å². The van der Waals surface area contributed by atoms with Crippen molar-refractivity contribution in [3.05, 3.63) is 22.5 Å². The molecule has 3 N–H and O–H groups in total. The maximum atomic E-state index is 12.8. The summed E-state index contributed by atoms with van der Waals surface area (Å²) in [7, 11) is 0. The summed E-state index contributed by atoms with van der Waals surface area (Å²) in [5, 5.41) is 10.9. The summed E-state index contributed by atoms with van der Waals surface area (Å²) in [5.74, 6) is -2.17. The molecular weight excluding hydrogens is 277 g/mol. The number of carbonyl (C=O) groups excluding carboxylic acids is 1. The lowest BCUT2D eigenvalue weighted by Gasteiger charge is -2.20. The van der Waals surface area contributed by atoms with Gasteiger partial charge in [-0.25, -0.2) is 4.79 Å². The van der Waals surface area contributed by atoms with Crippen LogP contribution in [0.15, 0.2) is 0 Å². The quantitative estimate of drug-likeness (QED) is 0.797. The third kappa shape index (κ3) is 2.14. The van der Waals surface area contributed by atoms with Crippen LogP contribution in [-0.4, -0.2) is 33.7 Å². The van der Waals surface area contributed by atoms with Gasteiger partial charge in [-0.1, -0.05) is 0 Å². The molecular formula is C12H13F3N2O3. The third-order valence-electron chi connectivity index (χ3n) is 3.52. The van der Waals surface area contributed by atoms with Gasteiger partial charge in [-0.05, 0) is 32.3 Å². The summed E-state index contributed by atoms with van der Waals surface area (Å²) in [6.45, 7) is 2.83. The number of halogens is 3. The van der Waals surface area contributed by atoms with Crippen molar-refractivity contribution < 1.29 is 27.9 Å². The molecule has 0 radical (unpaired) electrons. The average molecular weight is 290 g/mol. The van der Waals surface area contributed by atoms with E-state index < -0.39 is 23.6 Å². The van der Waals surface area contributed by atoms with Gasteiger partial charge in [0.15, 0.2) is 0 Å². The lowest BCUT2D eigenvalue weighted by molar-refractivity contribution is -0.163. The third-order valence-corrected chi connectivity index (χ3v) is 3.52. The minimum absolute atomic E-state index is 0.0436. The number of carbonyl (C=O) groups is 2. The highest BCUT2D eigenvalue weighted by Gasteiger charge is 2.64. The first kappa shape index (κ1) is 14.4. The Balaban J connectivity index is 2.30. The molecule has 0 spiro atoms. The van der Waals surface area contributed by atoms with E-state index in [1.165, 1.54) is 13.8 Å². The van der Waals surface area contributed by atoms with Crippen molar-refractivity contribution in [2.24, 2.45) is 0 Å². The number of nitrogens with one attached hydrogen (secondary N) is 2. The van der Waals surface area contributed by atoms with Crippen LogP contribution in [0.1, 0.15) is 44.9 Å². The van der Waals surface area contributed by atoms with Crippen molar-refractivity contribution in [2.75, 3.05) is 0 Å². The Bertz CT molecular complexity index is 586. The van der Waals surface area contributed by atoms with Crippen molar-refractivity contribution in [3.63, 3.8) is 0 Å². The SMILES string of the molecule is Cc1[nH]c(C(=O)O)c(C)c1C(=O)NC1(C(F)(F)F)CC1. The molecule has 110 valence electrons. The molecule has 2 rings (SSSR count). The van der Waals surface area contributed by atoms with Gasteiger partial charge in [0.1, 0.15) is 11.2 Å². The number of aromatic nitrogens is 1. The van der Waals surface area contributed by atoms with Crippen LogP contribution in [-0.2, 0) is 0 Å². The molecule has 1 heterocycles. The fourth-order valence-corrected chi connectivity index (χ4v) is 2.19. The summed E-state index contributed by atoms with van der Waals surface area (Å²) < 4.78 is 38.4. The Kier molecular flexibility index (Phi) is 3.07. The Morgan fingerprint density at radius 3 is 2.20 bits per heavy atom. The number of amides is 1. The first-order valence-corrected chi connectivity index (χ1v) is 5.91. The fourth-order valence-electron chi connectivity index (χ4n) is 2.19. The van der Waals surface area contributed by atoms with Crippen LogP contribution in [0.3, 0.4) is 0 Å². The highest BCUT2D eigenvalue weighted by molar-refractivity contribution is 6.01. The summed E-state index contributed by atoms with van der Waals surface area (Å²) >= 11 is 0. The second-order valence-electron chi connectivity index (χ2n) is 4.96. The van der Waals surface area contributed by atoms with Gasteiger partial charge in [-0.3, -0.25) is 4.79 Å². The first-order valence-electron chi connectivity index (χ1n) is 5.91. The standard InChI is InChI=1S/C12H13F3N2O3/c1-5-7(6(2)16-8(5)10(19)20)9(18)17-11(3-4-11)12(13,14)15/h16H,3-4H2,1-2H3,(H,17,18)(H,19,20). The molecule has 1 aromatic heterocycles. The van der Waals surface area contributed by atoms with E-state index in [9.17, 15) is 22.8 Å². The highest BCUT2D eigenvalue weighted by Crippen LogP contribution is 2.49. The predicted molar refractivity (Wildman–Crippen MR) is 62.7 cm³/mol. The zero-order chi connectivity index (χ0) is 15.3. The Morgan fingerprint density at radius 1 is 1.30 bits per heavy atom. The number of carboxylic acid groups (broad SMARTS) is 1. The van der Waals surface area contributed by atoms with Gasteiger partial charge in [-0.15, -0.1) is 0 Å².